The van der Waals surface area contributed by atoms with Crippen molar-refractivity contribution in [3.05, 3.63) is 32.9 Å². The predicted molar refractivity (Wildman–Crippen MR) is 58.8 cm³/mol. The molecule has 1 rings (SSSR count). The maximum atomic E-state index is 12.8. The molecule has 1 aromatic heterocycles. The van der Waals surface area contributed by atoms with Crippen LogP contribution in [0.5, 0.6) is 0 Å². The Bertz CT molecular complexity index is 459. The van der Waals surface area contributed by atoms with Crippen molar-refractivity contribution in [2.24, 2.45) is 0 Å². The maximum Gasteiger partial charge on any atom is 0.330 e. The van der Waals surface area contributed by atoms with Crippen LogP contribution >= 0.6 is 11.6 Å². The molecular formula is C9H12ClFN2O4. The van der Waals surface area contributed by atoms with Crippen molar-refractivity contribution in [2.45, 2.75) is 6.73 Å². The zero-order valence-corrected chi connectivity index (χ0v) is 9.70. The van der Waals surface area contributed by atoms with Gasteiger partial charge in [-0.15, -0.1) is 11.6 Å². The van der Waals surface area contributed by atoms with Gasteiger partial charge in [-0.05, 0) is 0 Å². The molecule has 1 aromatic rings. The van der Waals surface area contributed by atoms with Gasteiger partial charge in [0.05, 0.1) is 26.0 Å². The normalized spacial score (nSPS) is 10.7. The first kappa shape index (κ1) is 13.9. The average Bonchev–Trinajstić information content (AvgIpc) is 2.30. The summed E-state index contributed by atoms with van der Waals surface area (Å²) >= 11 is 5.38. The highest BCUT2D eigenvalue weighted by Crippen LogP contribution is 1.87. The molecule has 17 heavy (non-hydrogen) atoms. The molecule has 0 spiro atoms. The molecule has 0 saturated carbocycles. The zero-order valence-electron chi connectivity index (χ0n) is 8.95. The fraction of sp³-hybridized carbons (Fsp3) is 0.556. The Hall–Kier alpha value is -1.18. The van der Waals surface area contributed by atoms with Crippen molar-refractivity contribution in [2.75, 3.05) is 25.7 Å². The van der Waals surface area contributed by atoms with Crippen molar-refractivity contribution in [3.8, 4) is 0 Å². The van der Waals surface area contributed by atoms with Gasteiger partial charge in [-0.2, -0.15) is 4.39 Å². The summed E-state index contributed by atoms with van der Waals surface area (Å²) in [4.78, 5) is 23.7. The highest BCUT2D eigenvalue weighted by atomic mass is 35.5. The van der Waals surface area contributed by atoms with Gasteiger partial charge >= 0.3 is 5.69 Å². The van der Waals surface area contributed by atoms with E-state index < -0.39 is 17.1 Å². The van der Waals surface area contributed by atoms with Crippen molar-refractivity contribution < 1.29 is 13.9 Å². The molecule has 0 amide bonds. The molecule has 0 aliphatic heterocycles. The molecule has 0 aliphatic rings. The SMILES string of the molecule is O=c1[nH]c(=O)n(COCCOCCCl)cc1F. The van der Waals surface area contributed by atoms with E-state index in [4.69, 9.17) is 21.1 Å². The largest absolute Gasteiger partial charge is 0.378 e. The lowest BCUT2D eigenvalue weighted by Gasteiger charge is -2.06. The van der Waals surface area contributed by atoms with E-state index in [1.165, 1.54) is 0 Å². The summed E-state index contributed by atoms with van der Waals surface area (Å²) in [6.07, 6.45) is 0.792. The summed E-state index contributed by atoms with van der Waals surface area (Å²) in [7, 11) is 0. The van der Waals surface area contributed by atoms with E-state index >= 15 is 0 Å². The van der Waals surface area contributed by atoms with Crippen molar-refractivity contribution in [1.82, 2.24) is 9.55 Å². The molecule has 1 heterocycles. The summed E-state index contributed by atoms with van der Waals surface area (Å²) in [6, 6.07) is 0. The average molecular weight is 267 g/mol. The molecule has 96 valence electrons. The molecular weight excluding hydrogens is 255 g/mol. The van der Waals surface area contributed by atoms with Crippen molar-refractivity contribution >= 4 is 11.6 Å². The number of ether oxygens (including phenoxy) is 2. The van der Waals surface area contributed by atoms with Gasteiger partial charge in [-0.1, -0.05) is 0 Å². The van der Waals surface area contributed by atoms with E-state index in [2.05, 4.69) is 0 Å². The third kappa shape index (κ3) is 4.68. The Morgan fingerprint density at radius 1 is 1.29 bits per heavy atom. The standard InChI is InChI=1S/C9H12ClFN2O4/c10-1-2-16-3-4-17-6-13-5-7(11)8(14)12-9(13)15/h5H,1-4,6H2,(H,12,14,15). The Labute approximate surface area is 101 Å². The summed E-state index contributed by atoms with van der Waals surface area (Å²) in [5, 5.41) is 0. The maximum absolute atomic E-state index is 12.8. The quantitative estimate of drug-likeness (QED) is 0.553. The number of aromatic nitrogens is 2. The topological polar surface area (TPSA) is 73.3 Å². The molecule has 0 aliphatic carbocycles. The van der Waals surface area contributed by atoms with Crippen LogP contribution in [0, 0.1) is 5.82 Å². The van der Waals surface area contributed by atoms with Crippen LogP contribution in [0.15, 0.2) is 15.8 Å². The first-order valence-corrected chi connectivity index (χ1v) is 5.39. The number of alkyl halides is 1. The van der Waals surface area contributed by atoms with E-state index in [0.29, 0.717) is 19.1 Å². The van der Waals surface area contributed by atoms with Crippen LogP contribution < -0.4 is 11.2 Å². The third-order valence-corrected chi connectivity index (χ3v) is 1.95. The van der Waals surface area contributed by atoms with Gasteiger partial charge in [-0.3, -0.25) is 14.3 Å². The van der Waals surface area contributed by atoms with Gasteiger partial charge < -0.3 is 9.47 Å². The van der Waals surface area contributed by atoms with Crippen LogP contribution in [0.3, 0.4) is 0 Å². The van der Waals surface area contributed by atoms with Gasteiger partial charge in [0.1, 0.15) is 6.73 Å². The Balaban J connectivity index is 2.39. The van der Waals surface area contributed by atoms with Crippen LogP contribution in [-0.2, 0) is 16.2 Å². The van der Waals surface area contributed by atoms with Crippen LogP contribution in [0.1, 0.15) is 0 Å². The predicted octanol–water partition coefficient (Wildman–Crippen LogP) is -0.0948. The molecule has 0 radical (unpaired) electrons. The van der Waals surface area contributed by atoms with Crippen LogP contribution in [0.2, 0.25) is 0 Å². The van der Waals surface area contributed by atoms with Crippen LogP contribution in [0.25, 0.3) is 0 Å². The molecule has 0 unspecified atom stereocenters. The van der Waals surface area contributed by atoms with Gasteiger partial charge in [0, 0.05) is 5.88 Å². The number of rotatable bonds is 7. The van der Waals surface area contributed by atoms with E-state index in [9.17, 15) is 14.0 Å². The number of aromatic amines is 1. The van der Waals surface area contributed by atoms with Crippen LogP contribution in [0.4, 0.5) is 4.39 Å². The second-order valence-corrected chi connectivity index (χ2v) is 3.42. The lowest BCUT2D eigenvalue weighted by molar-refractivity contribution is 0.0205. The summed E-state index contributed by atoms with van der Waals surface area (Å²) in [6.45, 7) is 0.826. The van der Waals surface area contributed by atoms with E-state index in [1.807, 2.05) is 4.98 Å². The molecule has 0 fully saturated rings. The number of H-pyrrole nitrogens is 1. The second kappa shape index (κ2) is 7.21. The van der Waals surface area contributed by atoms with Gasteiger partial charge in [0.15, 0.2) is 0 Å². The molecule has 1 N–H and O–H groups in total. The lowest BCUT2D eigenvalue weighted by Crippen LogP contribution is -2.32. The smallest absolute Gasteiger partial charge is 0.330 e. The van der Waals surface area contributed by atoms with Gasteiger partial charge in [-0.25, -0.2) is 4.79 Å². The van der Waals surface area contributed by atoms with Gasteiger partial charge in [0.2, 0.25) is 5.82 Å². The highest BCUT2D eigenvalue weighted by molar-refractivity contribution is 6.17. The molecule has 6 nitrogen and oxygen atoms in total. The second-order valence-electron chi connectivity index (χ2n) is 3.04. The minimum atomic E-state index is -1.04. The Morgan fingerprint density at radius 3 is 2.71 bits per heavy atom. The molecule has 8 heteroatoms. The van der Waals surface area contributed by atoms with E-state index in [1.54, 1.807) is 0 Å². The molecule has 0 saturated heterocycles. The van der Waals surface area contributed by atoms with Crippen molar-refractivity contribution in [1.29, 1.82) is 0 Å². The Morgan fingerprint density at radius 2 is 2.00 bits per heavy atom. The zero-order chi connectivity index (χ0) is 12.7. The number of hydrogen-bond acceptors (Lipinski definition) is 4. The molecule has 0 bridgehead atoms. The summed E-state index contributed by atoms with van der Waals surface area (Å²) in [5.41, 5.74) is -1.77. The fourth-order valence-corrected chi connectivity index (χ4v) is 1.13. The van der Waals surface area contributed by atoms with Crippen LogP contribution in [-0.4, -0.2) is 35.3 Å². The number of halogens is 2. The van der Waals surface area contributed by atoms with E-state index in [-0.39, 0.29) is 13.3 Å². The number of nitrogens with zero attached hydrogens (tertiary/aromatic N) is 1. The minimum Gasteiger partial charge on any atom is -0.378 e. The monoisotopic (exact) mass is 266 g/mol. The first-order chi connectivity index (χ1) is 8.15. The summed E-state index contributed by atoms with van der Waals surface area (Å²) in [5.74, 6) is -0.642. The third-order valence-electron chi connectivity index (χ3n) is 1.79. The highest BCUT2D eigenvalue weighted by Gasteiger charge is 2.02. The Kier molecular flexibility index (Phi) is 5.88. The summed E-state index contributed by atoms with van der Waals surface area (Å²) < 4.78 is 23.8. The van der Waals surface area contributed by atoms with Gasteiger partial charge in [0.25, 0.3) is 5.56 Å². The first-order valence-electron chi connectivity index (χ1n) is 4.86. The fourth-order valence-electron chi connectivity index (χ4n) is 1.02. The minimum absolute atomic E-state index is 0.156. The molecule has 0 aromatic carbocycles. The van der Waals surface area contributed by atoms with E-state index in [0.717, 1.165) is 10.8 Å². The van der Waals surface area contributed by atoms with Crippen molar-refractivity contribution in [3.63, 3.8) is 0 Å². The molecule has 0 atom stereocenters. The number of nitrogens with one attached hydrogen (secondary N) is 1. The lowest BCUT2D eigenvalue weighted by atomic mass is 10.6. The number of hydrogen-bond donors (Lipinski definition) is 1.